The van der Waals surface area contributed by atoms with Gasteiger partial charge in [0, 0.05) is 45.9 Å². The second-order valence-corrected chi connectivity index (χ2v) is 7.80. The van der Waals surface area contributed by atoms with E-state index in [1.807, 2.05) is 18.2 Å². The maximum Gasteiger partial charge on any atom is 0.119 e. The lowest BCUT2D eigenvalue weighted by Crippen LogP contribution is -2.49. The number of aliphatic hydroxyl groups excluding tert-OH is 1. The molecule has 6 heteroatoms. The Balaban J connectivity index is 1.62. The summed E-state index contributed by atoms with van der Waals surface area (Å²) < 4.78 is 11.4. The van der Waals surface area contributed by atoms with E-state index in [-0.39, 0.29) is 0 Å². The van der Waals surface area contributed by atoms with E-state index in [4.69, 9.17) is 9.47 Å². The van der Waals surface area contributed by atoms with Crippen molar-refractivity contribution in [3.05, 3.63) is 29.8 Å². The van der Waals surface area contributed by atoms with Gasteiger partial charge in [-0.05, 0) is 51.1 Å². The molecule has 0 saturated carbocycles. The highest BCUT2D eigenvalue weighted by Crippen LogP contribution is 2.14. The minimum atomic E-state index is -0.462. The van der Waals surface area contributed by atoms with Crippen LogP contribution in [0.2, 0.25) is 0 Å². The predicted octanol–water partition coefficient (Wildman–Crippen LogP) is 1.97. The zero-order valence-electron chi connectivity index (χ0n) is 17.9. The third-order valence-corrected chi connectivity index (χ3v) is 5.00. The number of nitrogens with one attached hydrogen (secondary N) is 1. The van der Waals surface area contributed by atoms with Gasteiger partial charge in [0.15, 0.2) is 0 Å². The number of piperazine rings is 1. The average Bonchev–Trinajstić information content (AvgIpc) is 2.70. The molecule has 1 aliphatic heterocycles. The van der Waals surface area contributed by atoms with Gasteiger partial charge in [0.25, 0.3) is 0 Å². The van der Waals surface area contributed by atoms with Gasteiger partial charge in [-0.2, -0.15) is 0 Å². The van der Waals surface area contributed by atoms with Crippen LogP contribution in [0.3, 0.4) is 0 Å². The molecule has 2 N–H and O–H groups in total. The summed E-state index contributed by atoms with van der Waals surface area (Å²) in [6.07, 6.45) is 0.841. The third kappa shape index (κ3) is 9.34. The Labute approximate surface area is 170 Å². The lowest BCUT2D eigenvalue weighted by Gasteiger charge is -2.34. The third-order valence-electron chi connectivity index (χ3n) is 5.00. The van der Waals surface area contributed by atoms with Crippen LogP contribution in [0, 0.1) is 0 Å². The molecule has 0 aromatic heterocycles. The minimum Gasteiger partial charge on any atom is -0.491 e. The summed E-state index contributed by atoms with van der Waals surface area (Å²) in [5, 5.41) is 13.7. The first-order valence-electron chi connectivity index (χ1n) is 10.7. The minimum absolute atomic E-state index is 0.296. The zero-order valence-corrected chi connectivity index (χ0v) is 17.9. The number of β-amino-alcohol motifs (C(OH)–C–C–N with tert-alkyl or cyclic N) is 1. The molecule has 1 aliphatic rings. The van der Waals surface area contributed by atoms with Crippen LogP contribution in [0.4, 0.5) is 0 Å². The Hall–Kier alpha value is -1.18. The summed E-state index contributed by atoms with van der Waals surface area (Å²) in [7, 11) is 0. The molecule has 6 nitrogen and oxygen atoms in total. The van der Waals surface area contributed by atoms with E-state index in [1.54, 1.807) is 0 Å². The Kier molecular flexibility index (Phi) is 10.8. The smallest absolute Gasteiger partial charge is 0.119 e. The molecule has 1 atom stereocenters. The second kappa shape index (κ2) is 13.1. The summed E-state index contributed by atoms with van der Waals surface area (Å²) >= 11 is 0. The number of rotatable bonds is 13. The molecule has 1 aromatic carbocycles. The Morgan fingerprint density at radius 2 is 1.89 bits per heavy atom. The van der Waals surface area contributed by atoms with Crippen molar-refractivity contribution < 1.29 is 14.6 Å². The summed E-state index contributed by atoms with van der Waals surface area (Å²) in [6, 6.07) is 8.09. The van der Waals surface area contributed by atoms with Crippen molar-refractivity contribution in [2.24, 2.45) is 0 Å². The Bertz CT molecular complexity index is 534. The molecule has 1 unspecified atom stereocenters. The number of ether oxygens (including phenoxy) is 2. The fourth-order valence-electron chi connectivity index (χ4n) is 3.33. The molecule has 1 saturated heterocycles. The predicted molar refractivity (Wildman–Crippen MR) is 114 cm³/mol. The van der Waals surface area contributed by atoms with Gasteiger partial charge in [0.1, 0.15) is 18.5 Å². The van der Waals surface area contributed by atoms with Crippen molar-refractivity contribution in [2.45, 2.75) is 45.9 Å². The van der Waals surface area contributed by atoms with Gasteiger partial charge in [-0.25, -0.2) is 0 Å². The maximum atomic E-state index is 10.3. The molecule has 1 fully saturated rings. The van der Waals surface area contributed by atoms with E-state index < -0.39 is 6.10 Å². The first-order valence-corrected chi connectivity index (χ1v) is 10.7. The highest BCUT2D eigenvalue weighted by Gasteiger charge is 2.18. The summed E-state index contributed by atoms with van der Waals surface area (Å²) in [6.45, 7) is 15.2. The Morgan fingerprint density at radius 3 is 2.61 bits per heavy atom. The number of aliphatic hydroxyl groups is 1. The first-order chi connectivity index (χ1) is 13.6. The molecule has 0 bridgehead atoms. The number of likely N-dealkylation sites (N-methyl/N-ethyl adjacent to an activating group) is 1. The first kappa shape index (κ1) is 23.1. The van der Waals surface area contributed by atoms with E-state index in [9.17, 15) is 5.11 Å². The van der Waals surface area contributed by atoms with Crippen LogP contribution in [-0.2, 0) is 11.3 Å². The van der Waals surface area contributed by atoms with Crippen LogP contribution in [0.1, 0.15) is 32.8 Å². The van der Waals surface area contributed by atoms with Crippen LogP contribution >= 0.6 is 0 Å². The van der Waals surface area contributed by atoms with Crippen molar-refractivity contribution in [1.82, 2.24) is 15.1 Å². The standard InChI is InChI=1S/C22H39N3O3/c1-4-24-10-12-25(13-11-24)17-21(26)18-28-22-8-5-7-20(15-22)16-23-9-6-14-27-19(2)3/h5,7-8,15,19,21,23,26H,4,6,9-14,16-18H2,1-3H3. The quantitative estimate of drug-likeness (QED) is 0.500. The molecule has 0 aliphatic carbocycles. The summed E-state index contributed by atoms with van der Waals surface area (Å²) in [4.78, 5) is 4.76. The van der Waals surface area contributed by atoms with E-state index >= 15 is 0 Å². The van der Waals surface area contributed by atoms with Crippen LogP contribution in [0.15, 0.2) is 24.3 Å². The zero-order chi connectivity index (χ0) is 20.2. The Morgan fingerprint density at radius 1 is 1.14 bits per heavy atom. The largest absolute Gasteiger partial charge is 0.491 e. The van der Waals surface area contributed by atoms with Gasteiger partial charge in [0.2, 0.25) is 0 Å². The average molecular weight is 394 g/mol. The summed E-state index contributed by atoms with van der Waals surface area (Å²) in [5.74, 6) is 0.817. The van der Waals surface area contributed by atoms with E-state index in [2.05, 4.69) is 42.0 Å². The van der Waals surface area contributed by atoms with Crippen molar-refractivity contribution >= 4 is 0 Å². The van der Waals surface area contributed by atoms with Crippen LogP contribution in [0.25, 0.3) is 0 Å². The fraction of sp³-hybridized carbons (Fsp3) is 0.727. The van der Waals surface area contributed by atoms with Gasteiger partial charge in [-0.3, -0.25) is 4.90 Å². The maximum absolute atomic E-state index is 10.3. The number of benzene rings is 1. The van der Waals surface area contributed by atoms with Crippen molar-refractivity contribution in [3.63, 3.8) is 0 Å². The van der Waals surface area contributed by atoms with Gasteiger partial charge < -0.3 is 24.8 Å². The molecule has 1 heterocycles. The van der Waals surface area contributed by atoms with Gasteiger partial charge in [0.05, 0.1) is 6.10 Å². The molecule has 0 amide bonds. The van der Waals surface area contributed by atoms with E-state index in [1.165, 1.54) is 5.56 Å². The second-order valence-electron chi connectivity index (χ2n) is 7.80. The normalized spacial score (nSPS) is 17.2. The molecule has 0 spiro atoms. The number of hydrogen-bond acceptors (Lipinski definition) is 6. The van der Waals surface area contributed by atoms with Gasteiger partial charge in [-0.15, -0.1) is 0 Å². The van der Waals surface area contributed by atoms with Gasteiger partial charge >= 0.3 is 0 Å². The molecule has 160 valence electrons. The molecular weight excluding hydrogens is 354 g/mol. The molecule has 1 aromatic rings. The van der Waals surface area contributed by atoms with Crippen LogP contribution in [-0.4, -0.2) is 86.1 Å². The summed E-state index contributed by atoms with van der Waals surface area (Å²) in [5.41, 5.74) is 1.19. The monoisotopic (exact) mass is 393 g/mol. The molecule has 28 heavy (non-hydrogen) atoms. The lowest BCUT2D eigenvalue weighted by molar-refractivity contribution is 0.0471. The van der Waals surface area contributed by atoms with E-state index in [0.717, 1.165) is 64.6 Å². The highest BCUT2D eigenvalue weighted by atomic mass is 16.5. The van der Waals surface area contributed by atoms with E-state index in [0.29, 0.717) is 19.3 Å². The van der Waals surface area contributed by atoms with Gasteiger partial charge in [-0.1, -0.05) is 19.1 Å². The highest BCUT2D eigenvalue weighted by molar-refractivity contribution is 5.28. The number of nitrogens with zero attached hydrogens (tertiary/aromatic N) is 2. The topological polar surface area (TPSA) is 57.2 Å². The lowest BCUT2D eigenvalue weighted by atomic mass is 10.2. The molecule has 2 rings (SSSR count). The number of hydrogen-bond donors (Lipinski definition) is 2. The van der Waals surface area contributed by atoms with Crippen molar-refractivity contribution in [2.75, 3.05) is 59.0 Å². The van der Waals surface area contributed by atoms with Crippen molar-refractivity contribution in [3.8, 4) is 5.75 Å². The molecular formula is C22H39N3O3. The molecule has 0 radical (unpaired) electrons. The fourth-order valence-corrected chi connectivity index (χ4v) is 3.33. The van der Waals surface area contributed by atoms with Crippen molar-refractivity contribution in [1.29, 1.82) is 0 Å². The SMILES string of the molecule is CCN1CCN(CC(O)COc2cccc(CNCCCOC(C)C)c2)CC1. The van der Waals surface area contributed by atoms with Crippen LogP contribution < -0.4 is 10.1 Å². The van der Waals surface area contributed by atoms with Crippen LogP contribution in [0.5, 0.6) is 5.75 Å².